The van der Waals surface area contributed by atoms with Crippen molar-refractivity contribution in [2.45, 2.75) is 102 Å². The number of carbonyl (C=O) groups excluding carboxylic acids is 1. The van der Waals surface area contributed by atoms with Crippen molar-refractivity contribution in [1.29, 1.82) is 0 Å². The lowest BCUT2D eigenvalue weighted by molar-refractivity contribution is -0.299. The van der Waals surface area contributed by atoms with E-state index in [-0.39, 0.29) is 12.5 Å². The molecule has 0 saturated carbocycles. The number of nitrogens with one attached hydrogen (secondary N) is 1. The Balaban J connectivity index is 2.03. The van der Waals surface area contributed by atoms with Crippen LogP contribution >= 0.6 is 0 Å². The predicted molar refractivity (Wildman–Crippen MR) is 105 cm³/mol. The highest BCUT2D eigenvalue weighted by Gasteiger charge is 2.44. The molecule has 28 heavy (non-hydrogen) atoms. The van der Waals surface area contributed by atoms with Gasteiger partial charge in [0.1, 0.15) is 31.0 Å². The molecule has 8 heteroatoms. The second-order valence-corrected chi connectivity index (χ2v) is 7.54. The van der Waals surface area contributed by atoms with Crippen LogP contribution in [-0.2, 0) is 14.3 Å². The molecule has 0 aromatic heterocycles. The second kappa shape index (κ2) is 15.1. The minimum absolute atomic E-state index is 0.333. The number of aliphatic hydroxyl groups is 4. The summed E-state index contributed by atoms with van der Waals surface area (Å²) in [6.45, 7) is 1.92. The van der Waals surface area contributed by atoms with Crippen LogP contribution in [0.4, 0.5) is 0 Å². The molecular weight excluding hydrogens is 366 g/mol. The van der Waals surface area contributed by atoms with Crippen LogP contribution in [0.5, 0.6) is 0 Å². The average molecular weight is 406 g/mol. The van der Waals surface area contributed by atoms with E-state index < -0.39 is 37.3 Å². The monoisotopic (exact) mass is 405 g/mol. The van der Waals surface area contributed by atoms with Gasteiger partial charge in [-0.05, 0) is 6.42 Å². The van der Waals surface area contributed by atoms with Crippen molar-refractivity contribution in [2.24, 2.45) is 0 Å². The molecular formula is C20H39NO7. The van der Waals surface area contributed by atoms with E-state index in [1.165, 1.54) is 51.4 Å². The van der Waals surface area contributed by atoms with Gasteiger partial charge in [0.2, 0.25) is 5.91 Å². The molecule has 8 nitrogen and oxygen atoms in total. The van der Waals surface area contributed by atoms with Gasteiger partial charge < -0.3 is 35.2 Å². The first-order chi connectivity index (χ1) is 13.5. The first-order valence-corrected chi connectivity index (χ1v) is 10.7. The third-order valence-corrected chi connectivity index (χ3v) is 5.08. The fraction of sp³-hybridized carbons (Fsp3) is 0.950. The van der Waals surface area contributed by atoms with Gasteiger partial charge in [-0.15, -0.1) is 0 Å². The number of hydrogen-bond acceptors (Lipinski definition) is 7. The summed E-state index contributed by atoms with van der Waals surface area (Å²) in [5.41, 5.74) is 0. The van der Waals surface area contributed by atoms with Crippen LogP contribution in [0.25, 0.3) is 0 Å². The van der Waals surface area contributed by atoms with Crippen LogP contribution in [0.3, 0.4) is 0 Å². The normalized spacial score (nSPS) is 27.7. The zero-order valence-electron chi connectivity index (χ0n) is 17.1. The Morgan fingerprint density at radius 1 is 0.893 bits per heavy atom. The van der Waals surface area contributed by atoms with E-state index in [2.05, 4.69) is 12.2 Å². The molecule has 1 rings (SSSR count). The molecule has 1 aliphatic rings. The van der Waals surface area contributed by atoms with Gasteiger partial charge in [0.25, 0.3) is 0 Å². The summed E-state index contributed by atoms with van der Waals surface area (Å²) in [5, 5.41) is 41.1. The molecule has 0 aliphatic carbocycles. The Bertz CT molecular complexity index is 408. The van der Waals surface area contributed by atoms with Gasteiger partial charge in [0, 0.05) is 6.54 Å². The van der Waals surface area contributed by atoms with Crippen LogP contribution in [-0.4, -0.2) is 76.8 Å². The van der Waals surface area contributed by atoms with Crippen LogP contribution in [0.2, 0.25) is 0 Å². The standard InChI is InChI=1S/C20H39NO7/c1-2-3-4-5-6-7-8-9-10-11-12-21-16(23)14-27-20-19(26)18(25)17(24)15(13-22)28-20/h15,17-20,22,24-26H,2-14H2,1H3,(H,21,23)/t15-,17-,18+,19-,20+/m1/s1. The Morgan fingerprint density at radius 3 is 2.04 bits per heavy atom. The largest absolute Gasteiger partial charge is 0.394 e. The molecule has 0 spiro atoms. The van der Waals surface area contributed by atoms with Crippen LogP contribution in [0.1, 0.15) is 71.1 Å². The number of rotatable bonds is 15. The number of unbranched alkanes of at least 4 members (excludes halogenated alkanes) is 9. The van der Waals surface area contributed by atoms with Crippen molar-refractivity contribution < 1.29 is 34.7 Å². The van der Waals surface area contributed by atoms with E-state index in [1.54, 1.807) is 0 Å². The summed E-state index contributed by atoms with van der Waals surface area (Å²) < 4.78 is 10.4. The topological polar surface area (TPSA) is 128 Å². The average Bonchev–Trinajstić information content (AvgIpc) is 2.69. The highest BCUT2D eigenvalue weighted by Crippen LogP contribution is 2.21. The molecule has 0 radical (unpaired) electrons. The molecule has 5 N–H and O–H groups in total. The van der Waals surface area contributed by atoms with Gasteiger partial charge in [-0.2, -0.15) is 0 Å². The number of carbonyl (C=O) groups is 1. The van der Waals surface area contributed by atoms with E-state index >= 15 is 0 Å². The van der Waals surface area contributed by atoms with Crippen LogP contribution in [0, 0.1) is 0 Å². The van der Waals surface area contributed by atoms with Gasteiger partial charge in [0.15, 0.2) is 6.29 Å². The van der Waals surface area contributed by atoms with E-state index in [0.29, 0.717) is 6.54 Å². The van der Waals surface area contributed by atoms with E-state index in [1.807, 2.05) is 0 Å². The summed E-state index contributed by atoms with van der Waals surface area (Å²) in [7, 11) is 0. The van der Waals surface area contributed by atoms with Gasteiger partial charge >= 0.3 is 0 Å². The Hall–Kier alpha value is -0.770. The lowest BCUT2D eigenvalue weighted by Crippen LogP contribution is -2.59. The van der Waals surface area contributed by atoms with Gasteiger partial charge in [-0.1, -0.05) is 64.7 Å². The Morgan fingerprint density at radius 2 is 1.46 bits per heavy atom. The quantitative estimate of drug-likeness (QED) is 0.255. The minimum Gasteiger partial charge on any atom is -0.394 e. The number of ether oxygens (including phenoxy) is 2. The maximum atomic E-state index is 11.8. The van der Waals surface area contributed by atoms with Gasteiger partial charge in [-0.3, -0.25) is 4.79 Å². The molecule has 5 atom stereocenters. The summed E-state index contributed by atoms with van der Waals surface area (Å²) in [6.07, 6.45) is 5.50. The van der Waals surface area contributed by atoms with Crippen molar-refractivity contribution in [3.8, 4) is 0 Å². The molecule has 1 aliphatic heterocycles. The zero-order chi connectivity index (χ0) is 20.8. The minimum atomic E-state index is -1.51. The molecule has 0 aromatic rings. The second-order valence-electron chi connectivity index (χ2n) is 7.54. The summed E-state index contributed by atoms with van der Waals surface area (Å²) in [4.78, 5) is 11.8. The zero-order valence-corrected chi connectivity index (χ0v) is 17.1. The Labute approximate surface area is 168 Å². The lowest BCUT2D eigenvalue weighted by atomic mass is 9.99. The highest BCUT2D eigenvalue weighted by molar-refractivity contribution is 5.77. The third-order valence-electron chi connectivity index (χ3n) is 5.08. The van der Waals surface area contributed by atoms with Crippen LogP contribution in [0.15, 0.2) is 0 Å². The van der Waals surface area contributed by atoms with Crippen molar-refractivity contribution >= 4 is 5.91 Å². The maximum Gasteiger partial charge on any atom is 0.246 e. The maximum absolute atomic E-state index is 11.8. The SMILES string of the molecule is CCCCCCCCCCCCNC(=O)CO[C@H]1O[C@H](CO)[C@@H](O)[C@H](O)[C@H]1O. The fourth-order valence-corrected chi connectivity index (χ4v) is 3.25. The fourth-order valence-electron chi connectivity index (χ4n) is 3.25. The molecule has 1 saturated heterocycles. The van der Waals surface area contributed by atoms with Gasteiger partial charge in [-0.25, -0.2) is 0 Å². The molecule has 1 heterocycles. The van der Waals surface area contributed by atoms with Gasteiger partial charge in [0.05, 0.1) is 6.61 Å². The van der Waals surface area contributed by atoms with Crippen LogP contribution < -0.4 is 5.32 Å². The van der Waals surface area contributed by atoms with Crippen molar-refractivity contribution in [1.82, 2.24) is 5.32 Å². The third kappa shape index (κ3) is 9.62. The first-order valence-electron chi connectivity index (χ1n) is 10.7. The lowest BCUT2D eigenvalue weighted by Gasteiger charge is -2.39. The highest BCUT2D eigenvalue weighted by atomic mass is 16.7. The number of amides is 1. The molecule has 1 amide bonds. The summed E-state index contributed by atoms with van der Waals surface area (Å²) in [6, 6.07) is 0. The summed E-state index contributed by atoms with van der Waals surface area (Å²) >= 11 is 0. The summed E-state index contributed by atoms with van der Waals surface area (Å²) in [5.74, 6) is -0.340. The Kier molecular flexibility index (Phi) is 13.6. The molecule has 0 aromatic carbocycles. The van der Waals surface area contributed by atoms with E-state index in [4.69, 9.17) is 14.6 Å². The van der Waals surface area contributed by atoms with Crippen molar-refractivity contribution in [3.05, 3.63) is 0 Å². The molecule has 0 unspecified atom stereocenters. The van der Waals surface area contributed by atoms with E-state index in [0.717, 1.165) is 12.8 Å². The first kappa shape index (κ1) is 25.3. The smallest absolute Gasteiger partial charge is 0.246 e. The number of hydrogen-bond donors (Lipinski definition) is 5. The van der Waals surface area contributed by atoms with Crippen molar-refractivity contribution in [2.75, 3.05) is 19.8 Å². The van der Waals surface area contributed by atoms with E-state index in [9.17, 15) is 20.1 Å². The molecule has 0 bridgehead atoms. The molecule has 166 valence electrons. The predicted octanol–water partition coefficient (Wildman–Crippen LogP) is 0.840. The van der Waals surface area contributed by atoms with Crippen molar-refractivity contribution in [3.63, 3.8) is 0 Å². The molecule has 1 fully saturated rings. The number of aliphatic hydroxyl groups excluding tert-OH is 4.